The van der Waals surface area contributed by atoms with Crippen molar-refractivity contribution in [1.82, 2.24) is 9.97 Å². The standard InChI is InChI=1S/C15H13Br2N3S/c1-2-5-18-14-10-7-9(16)8-11(17)13(10)19-15(20-14)12-4-3-6-21-12/h3-4,6-8H,2,5H2,1H3,(H,18,19,20). The van der Waals surface area contributed by atoms with E-state index in [1.165, 1.54) is 0 Å². The molecule has 0 atom stereocenters. The zero-order valence-corrected chi connectivity index (χ0v) is 15.3. The first-order chi connectivity index (χ1) is 10.2. The van der Waals surface area contributed by atoms with Gasteiger partial charge in [-0.15, -0.1) is 11.3 Å². The van der Waals surface area contributed by atoms with Crippen LogP contribution in [-0.2, 0) is 0 Å². The van der Waals surface area contributed by atoms with Crippen LogP contribution in [0.3, 0.4) is 0 Å². The Bertz CT molecular complexity index is 772. The van der Waals surface area contributed by atoms with Crippen molar-refractivity contribution in [1.29, 1.82) is 0 Å². The summed E-state index contributed by atoms with van der Waals surface area (Å²) in [5.41, 5.74) is 0.926. The van der Waals surface area contributed by atoms with Gasteiger partial charge in [-0.05, 0) is 45.9 Å². The fourth-order valence-corrected chi connectivity index (χ4v) is 4.02. The van der Waals surface area contributed by atoms with E-state index in [1.54, 1.807) is 11.3 Å². The highest BCUT2D eigenvalue weighted by Gasteiger charge is 2.13. The van der Waals surface area contributed by atoms with E-state index in [0.29, 0.717) is 0 Å². The number of hydrogen-bond donors (Lipinski definition) is 1. The second-order valence-electron chi connectivity index (χ2n) is 4.58. The van der Waals surface area contributed by atoms with Crippen molar-refractivity contribution < 1.29 is 0 Å². The van der Waals surface area contributed by atoms with Gasteiger partial charge in [-0.2, -0.15) is 0 Å². The van der Waals surface area contributed by atoms with Crippen LogP contribution in [-0.4, -0.2) is 16.5 Å². The molecule has 0 saturated heterocycles. The molecule has 0 aliphatic heterocycles. The smallest absolute Gasteiger partial charge is 0.172 e. The first-order valence-corrected chi connectivity index (χ1v) is 9.10. The second kappa shape index (κ2) is 6.42. The molecule has 0 amide bonds. The summed E-state index contributed by atoms with van der Waals surface area (Å²) in [5.74, 6) is 1.64. The summed E-state index contributed by atoms with van der Waals surface area (Å²) in [4.78, 5) is 10.5. The third kappa shape index (κ3) is 3.12. The number of rotatable bonds is 4. The van der Waals surface area contributed by atoms with Crippen LogP contribution in [0, 0.1) is 0 Å². The van der Waals surface area contributed by atoms with Crippen LogP contribution in [0.25, 0.3) is 21.6 Å². The van der Waals surface area contributed by atoms with Crippen molar-refractivity contribution in [2.24, 2.45) is 0 Å². The van der Waals surface area contributed by atoms with Gasteiger partial charge in [-0.1, -0.05) is 28.9 Å². The lowest BCUT2D eigenvalue weighted by Crippen LogP contribution is -2.04. The highest BCUT2D eigenvalue weighted by molar-refractivity contribution is 9.11. The van der Waals surface area contributed by atoms with Gasteiger partial charge in [-0.25, -0.2) is 9.97 Å². The predicted molar refractivity (Wildman–Crippen MR) is 97.0 cm³/mol. The molecule has 6 heteroatoms. The maximum Gasteiger partial charge on any atom is 0.172 e. The van der Waals surface area contributed by atoms with Gasteiger partial charge in [-0.3, -0.25) is 0 Å². The predicted octanol–water partition coefficient (Wildman–Crippen LogP) is 5.71. The maximum atomic E-state index is 4.72. The zero-order valence-electron chi connectivity index (χ0n) is 11.4. The molecule has 0 spiro atoms. The number of thiophene rings is 1. The molecule has 0 radical (unpaired) electrons. The van der Waals surface area contributed by atoms with Gasteiger partial charge in [0.05, 0.1) is 10.4 Å². The summed E-state index contributed by atoms with van der Waals surface area (Å²) in [5, 5.41) is 6.46. The summed E-state index contributed by atoms with van der Waals surface area (Å²) in [6, 6.07) is 8.12. The number of hydrogen-bond acceptors (Lipinski definition) is 4. The van der Waals surface area contributed by atoms with Crippen molar-refractivity contribution in [3.63, 3.8) is 0 Å². The van der Waals surface area contributed by atoms with Crippen LogP contribution in [0.1, 0.15) is 13.3 Å². The van der Waals surface area contributed by atoms with Crippen LogP contribution < -0.4 is 5.32 Å². The number of fused-ring (bicyclic) bond motifs is 1. The molecular formula is C15H13Br2N3S. The van der Waals surface area contributed by atoms with E-state index in [2.05, 4.69) is 50.2 Å². The van der Waals surface area contributed by atoms with Crippen LogP contribution in [0.2, 0.25) is 0 Å². The third-order valence-corrected chi connectivity index (χ3v) is 4.93. The third-order valence-electron chi connectivity index (χ3n) is 3.00. The Morgan fingerprint density at radius 1 is 1.24 bits per heavy atom. The fourth-order valence-electron chi connectivity index (χ4n) is 2.05. The molecule has 0 bridgehead atoms. The van der Waals surface area contributed by atoms with Gasteiger partial charge < -0.3 is 5.32 Å². The van der Waals surface area contributed by atoms with Gasteiger partial charge >= 0.3 is 0 Å². The van der Waals surface area contributed by atoms with E-state index in [-0.39, 0.29) is 0 Å². The molecule has 3 aromatic rings. The van der Waals surface area contributed by atoms with Gasteiger partial charge in [0, 0.05) is 20.9 Å². The molecule has 108 valence electrons. The Balaban J connectivity index is 2.24. The normalized spacial score (nSPS) is 11.0. The van der Waals surface area contributed by atoms with Crippen molar-refractivity contribution in [3.8, 4) is 10.7 Å². The number of benzene rings is 1. The monoisotopic (exact) mass is 425 g/mol. The first-order valence-electron chi connectivity index (χ1n) is 6.63. The Morgan fingerprint density at radius 2 is 2.10 bits per heavy atom. The van der Waals surface area contributed by atoms with Crippen molar-refractivity contribution in [2.45, 2.75) is 13.3 Å². The summed E-state index contributed by atoms with van der Waals surface area (Å²) >= 11 is 8.78. The Labute approximate surface area is 144 Å². The average molecular weight is 427 g/mol. The molecule has 3 rings (SSSR count). The number of aromatic nitrogens is 2. The Morgan fingerprint density at radius 3 is 2.81 bits per heavy atom. The molecule has 2 heterocycles. The van der Waals surface area contributed by atoms with Crippen LogP contribution in [0.5, 0.6) is 0 Å². The number of anilines is 1. The number of nitrogens with one attached hydrogen (secondary N) is 1. The molecule has 0 saturated carbocycles. The number of nitrogens with zero attached hydrogens (tertiary/aromatic N) is 2. The molecule has 0 fully saturated rings. The van der Waals surface area contributed by atoms with Crippen molar-refractivity contribution >= 4 is 59.9 Å². The van der Waals surface area contributed by atoms with Gasteiger partial charge in [0.2, 0.25) is 0 Å². The molecule has 0 unspecified atom stereocenters. The zero-order chi connectivity index (χ0) is 14.8. The van der Waals surface area contributed by atoms with Crippen LogP contribution in [0.4, 0.5) is 5.82 Å². The molecular weight excluding hydrogens is 414 g/mol. The molecule has 21 heavy (non-hydrogen) atoms. The molecule has 1 N–H and O–H groups in total. The molecule has 2 aromatic heterocycles. The van der Waals surface area contributed by atoms with Crippen molar-refractivity contribution in [2.75, 3.05) is 11.9 Å². The molecule has 0 aliphatic carbocycles. The van der Waals surface area contributed by atoms with E-state index in [9.17, 15) is 0 Å². The lowest BCUT2D eigenvalue weighted by Gasteiger charge is -2.11. The van der Waals surface area contributed by atoms with E-state index < -0.39 is 0 Å². The quantitative estimate of drug-likeness (QED) is 0.580. The highest BCUT2D eigenvalue weighted by atomic mass is 79.9. The van der Waals surface area contributed by atoms with Crippen molar-refractivity contribution in [3.05, 3.63) is 38.6 Å². The maximum absolute atomic E-state index is 4.72. The summed E-state index contributed by atoms with van der Waals surface area (Å²) < 4.78 is 1.97. The van der Waals surface area contributed by atoms with Gasteiger partial charge in [0.15, 0.2) is 5.82 Å². The second-order valence-corrected chi connectivity index (χ2v) is 7.30. The molecule has 0 aliphatic rings. The molecule has 3 nitrogen and oxygen atoms in total. The SMILES string of the molecule is CCCNc1nc(-c2cccs2)nc2c(Br)cc(Br)cc12. The Kier molecular flexibility index (Phi) is 4.57. The topological polar surface area (TPSA) is 37.8 Å². The summed E-state index contributed by atoms with van der Waals surface area (Å²) in [7, 11) is 0. The van der Waals surface area contributed by atoms with Crippen LogP contribution in [0.15, 0.2) is 38.6 Å². The molecule has 1 aromatic carbocycles. The minimum Gasteiger partial charge on any atom is -0.369 e. The summed E-state index contributed by atoms with van der Waals surface area (Å²) in [6.07, 6.45) is 1.05. The minimum atomic E-state index is 0.763. The number of halogens is 2. The fraction of sp³-hybridized carbons (Fsp3) is 0.200. The van der Waals surface area contributed by atoms with E-state index in [1.807, 2.05) is 23.6 Å². The van der Waals surface area contributed by atoms with Gasteiger partial charge in [0.25, 0.3) is 0 Å². The van der Waals surface area contributed by atoms with E-state index in [0.717, 1.165) is 49.3 Å². The lowest BCUT2D eigenvalue weighted by atomic mass is 10.2. The van der Waals surface area contributed by atoms with Gasteiger partial charge in [0.1, 0.15) is 5.82 Å². The van der Waals surface area contributed by atoms with Crippen LogP contribution >= 0.6 is 43.2 Å². The minimum absolute atomic E-state index is 0.763. The van der Waals surface area contributed by atoms with E-state index >= 15 is 0 Å². The average Bonchev–Trinajstić information content (AvgIpc) is 2.99. The van der Waals surface area contributed by atoms with E-state index in [4.69, 9.17) is 9.97 Å². The Hall–Kier alpha value is -0.980. The largest absolute Gasteiger partial charge is 0.369 e. The summed E-state index contributed by atoms with van der Waals surface area (Å²) in [6.45, 7) is 3.03. The highest BCUT2D eigenvalue weighted by Crippen LogP contribution is 2.33. The lowest BCUT2D eigenvalue weighted by molar-refractivity contribution is 0.970. The first kappa shape index (κ1) is 14.9.